The molecule has 0 saturated carbocycles. The fourth-order valence-corrected chi connectivity index (χ4v) is 1.88. The number of furan rings is 1. The maximum atomic E-state index is 11.8. The van der Waals surface area contributed by atoms with Gasteiger partial charge in [-0.05, 0) is 30.2 Å². The normalized spacial score (nSPS) is 10.1. The van der Waals surface area contributed by atoms with Gasteiger partial charge in [0.1, 0.15) is 5.76 Å². The molecule has 110 valence electrons. The second kappa shape index (κ2) is 7.28. The molecule has 2 aromatic rings. The number of hydrogen-bond acceptors (Lipinski definition) is 3. The van der Waals surface area contributed by atoms with Crippen LogP contribution in [-0.4, -0.2) is 18.4 Å². The smallest absolute Gasteiger partial charge is 0.239 e. The molecule has 0 aliphatic rings. The number of aryl methyl sites for hydroxylation is 1. The van der Waals surface area contributed by atoms with Gasteiger partial charge in [0.05, 0.1) is 25.8 Å². The molecule has 0 unspecified atom stereocenters. The van der Waals surface area contributed by atoms with Crippen molar-refractivity contribution < 1.29 is 14.0 Å². The summed E-state index contributed by atoms with van der Waals surface area (Å²) in [6, 6.07) is 11.2. The van der Waals surface area contributed by atoms with Gasteiger partial charge < -0.3 is 15.1 Å². The monoisotopic (exact) mass is 286 g/mol. The standard InChI is InChI=1S/C16H18N2O3/c1-12-5-2-3-6-13(12)9-15(19)18-11-16(20)17-10-14-7-4-8-21-14/h2-8H,9-11H2,1H3,(H,17,20)(H,18,19). The first-order valence-corrected chi connectivity index (χ1v) is 6.75. The van der Waals surface area contributed by atoms with Crippen LogP contribution in [0.5, 0.6) is 0 Å². The number of benzene rings is 1. The van der Waals surface area contributed by atoms with E-state index in [-0.39, 0.29) is 24.8 Å². The average Bonchev–Trinajstić information content (AvgIpc) is 2.99. The number of amides is 2. The molecule has 1 aromatic carbocycles. The highest BCUT2D eigenvalue weighted by Gasteiger charge is 2.08. The van der Waals surface area contributed by atoms with Crippen LogP contribution in [0.2, 0.25) is 0 Å². The Morgan fingerprint density at radius 3 is 2.57 bits per heavy atom. The highest BCUT2D eigenvalue weighted by atomic mass is 16.3. The summed E-state index contributed by atoms with van der Waals surface area (Å²) >= 11 is 0. The van der Waals surface area contributed by atoms with E-state index < -0.39 is 0 Å². The number of nitrogens with one attached hydrogen (secondary N) is 2. The van der Waals surface area contributed by atoms with E-state index in [0.717, 1.165) is 11.1 Å². The van der Waals surface area contributed by atoms with Crippen molar-refractivity contribution in [2.45, 2.75) is 19.9 Å². The third-order valence-corrected chi connectivity index (χ3v) is 3.10. The van der Waals surface area contributed by atoms with Gasteiger partial charge in [-0.25, -0.2) is 0 Å². The van der Waals surface area contributed by atoms with E-state index in [0.29, 0.717) is 12.3 Å². The number of hydrogen-bond donors (Lipinski definition) is 2. The molecule has 0 atom stereocenters. The summed E-state index contributed by atoms with van der Waals surface area (Å²) in [6.07, 6.45) is 1.82. The quantitative estimate of drug-likeness (QED) is 0.846. The van der Waals surface area contributed by atoms with Gasteiger partial charge in [0, 0.05) is 0 Å². The van der Waals surface area contributed by atoms with Crippen molar-refractivity contribution in [3.63, 3.8) is 0 Å². The fourth-order valence-electron chi connectivity index (χ4n) is 1.88. The summed E-state index contributed by atoms with van der Waals surface area (Å²) in [5, 5.41) is 5.27. The van der Waals surface area contributed by atoms with Gasteiger partial charge in [-0.3, -0.25) is 9.59 Å². The molecule has 21 heavy (non-hydrogen) atoms. The van der Waals surface area contributed by atoms with E-state index in [9.17, 15) is 9.59 Å². The number of carbonyl (C=O) groups excluding carboxylic acids is 2. The summed E-state index contributed by atoms with van der Waals surface area (Å²) < 4.78 is 5.10. The lowest BCUT2D eigenvalue weighted by molar-refractivity contribution is -0.125. The summed E-state index contributed by atoms with van der Waals surface area (Å²) in [4.78, 5) is 23.4. The summed E-state index contributed by atoms with van der Waals surface area (Å²) in [6.45, 7) is 2.24. The molecule has 0 bridgehead atoms. The first-order valence-electron chi connectivity index (χ1n) is 6.75. The number of rotatable bonds is 6. The fraction of sp³-hybridized carbons (Fsp3) is 0.250. The van der Waals surface area contributed by atoms with Crippen molar-refractivity contribution in [2.24, 2.45) is 0 Å². The van der Waals surface area contributed by atoms with Crippen LogP contribution >= 0.6 is 0 Å². The lowest BCUT2D eigenvalue weighted by Gasteiger charge is -2.07. The minimum atomic E-state index is -0.246. The Hall–Kier alpha value is -2.56. The topological polar surface area (TPSA) is 71.3 Å². The van der Waals surface area contributed by atoms with E-state index in [1.54, 1.807) is 18.4 Å². The van der Waals surface area contributed by atoms with Crippen molar-refractivity contribution in [3.8, 4) is 0 Å². The average molecular weight is 286 g/mol. The molecule has 0 aliphatic carbocycles. The van der Waals surface area contributed by atoms with E-state index >= 15 is 0 Å². The molecule has 0 saturated heterocycles. The summed E-state index contributed by atoms with van der Waals surface area (Å²) in [7, 11) is 0. The minimum Gasteiger partial charge on any atom is -0.467 e. The van der Waals surface area contributed by atoms with Crippen LogP contribution < -0.4 is 10.6 Å². The molecule has 1 aromatic heterocycles. The number of carbonyl (C=O) groups is 2. The van der Waals surface area contributed by atoms with Gasteiger partial charge in [0.15, 0.2) is 0 Å². The Labute approximate surface area is 123 Å². The van der Waals surface area contributed by atoms with E-state index in [1.807, 2.05) is 31.2 Å². The van der Waals surface area contributed by atoms with E-state index in [2.05, 4.69) is 10.6 Å². The van der Waals surface area contributed by atoms with E-state index in [4.69, 9.17) is 4.42 Å². The zero-order valence-corrected chi connectivity index (χ0v) is 11.9. The third kappa shape index (κ3) is 4.80. The molecule has 0 fully saturated rings. The van der Waals surface area contributed by atoms with Crippen LogP contribution in [0.25, 0.3) is 0 Å². The zero-order chi connectivity index (χ0) is 15.1. The van der Waals surface area contributed by atoms with Gasteiger partial charge in [-0.1, -0.05) is 24.3 Å². The van der Waals surface area contributed by atoms with Crippen LogP contribution in [0.15, 0.2) is 47.1 Å². The summed E-state index contributed by atoms with van der Waals surface area (Å²) in [5.74, 6) is 0.261. The predicted octanol–water partition coefficient (Wildman–Crippen LogP) is 1.56. The Morgan fingerprint density at radius 2 is 1.86 bits per heavy atom. The molecule has 2 N–H and O–H groups in total. The highest BCUT2D eigenvalue weighted by Crippen LogP contribution is 2.07. The third-order valence-electron chi connectivity index (χ3n) is 3.10. The van der Waals surface area contributed by atoms with Crippen LogP contribution in [-0.2, 0) is 22.6 Å². The molecule has 0 radical (unpaired) electrons. The molecule has 2 amide bonds. The molecule has 5 heteroatoms. The lowest BCUT2D eigenvalue weighted by Crippen LogP contribution is -2.37. The largest absolute Gasteiger partial charge is 0.467 e. The first kappa shape index (κ1) is 14.8. The lowest BCUT2D eigenvalue weighted by atomic mass is 10.1. The van der Waals surface area contributed by atoms with Crippen molar-refractivity contribution >= 4 is 11.8 Å². The molecule has 5 nitrogen and oxygen atoms in total. The molecule has 2 rings (SSSR count). The van der Waals surface area contributed by atoms with Gasteiger partial charge in [-0.15, -0.1) is 0 Å². The highest BCUT2D eigenvalue weighted by molar-refractivity contribution is 5.85. The second-order valence-electron chi connectivity index (χ2n) is 4.74. The second-order valence-corrected chi connectivity index (χ2v) is 4.74. The maximum Gasteiger partial charge on any atom is 0.239 e. The van der Waals surface area contributed by atoms with Gasteiger partial charge in [0.2, 0.25) is 11.8 Å². The van der Waals surface area contributed by atoms with Gasteiger partial charge in [-0.2, -0.15) is 0 Å². The Morgan fingerprint density at radius 1 is 1.05 bits per heavy atom. The van der Waals surface area contributed by atoms with Crippen molar-refractivity contribution in [2.75, 3.05) is 6.54 Å². The molecular formula is C16H18N2O3. The Kier molecular flexibility index (Phi) is 5.15. The SMILES string of the molecule is Cc1ccccc1CC(=O)NCC(=O)NCc1ccco1. The minimum absolute atomic E-state index is 0.0363. The maximum absolute atomic E-state index is 11.8. The molecule has 0 aliphatic heterocycles. The van der Waals surface area contributed by atoms with Crippen LogP contribution in [0.4, 0.5) is 0 Å². The molecule has 1 heterocycles. The zero-order valence-electron chi connectivity index (χ0n) is 11.9. The molecule has 0 spiro atoms. The van der Waals surface area contributed by atoms with E-state index in [1.165, 1.54) is 0 Å². The summed E-state index contributed by atoms with van der Waals surface area (Å²) in [5.41, 5.74) is 2.03. The Bertz CT molecular complexity index is 606. The van der Waals surface area contributed by atoms with Gasteiger partial charge in [0.25, 0.3) is 0 Å². The van der Waals surface area contributed by atoms with Crippen LogP contribution in [0.1, 0.15) is 16.9 Å². The Balaban J connectivity index is 1.71. The first-order chi connectivity index (χ1) is 10.1. The van der Waals surface area contributed by atoms with Crippen LogP contribution in [0, 0.1) is 6.92 Å². The van der Waals surface area contributed by atoms with Gasteiger partial charge >= 0.3 is 0 Å². The van der Waals surface area contributed by atoms with Crippen molar-refractivity contribution in [1.29, 1.82) is 0 Å². The van der Waals surface area contributed by atoms with Crippen molar-refractivity contribution in [3.05, 3.63) is 59.5 Å². The predicted molar refractivity (Wildman–Crippen MR) is 78.4 cm³/mol. The van der Waals surface area contributed by atoms with Crippen molar-refractivity contribution in [1.82, 2.24) is 10.6 Å². The van der Waals surface area contributed by atoms with Crippen LogP contribution in [0.3, 0.4) is 0 Å². The molecular weight excluding hydrogens is 268 g/mol.